The van der Waals surface area contributed by atoms with Gasteiger partial charge in [0.2, 0.25) is 0 Å². The Balaban J connectivity index is 1.96. The molecular weight excluding hydrogens is 258 g/mol. The fourth-order valence-electron chi connectivity index (χ4n) is 2.66. The molecule has 0 aromatic carbocycles. The number of hydrogen-bond donors (Lipinski definition) is 1. The number of thiophene rings is 1. The van der Waals surface area contributed by atoms with Crippen LogP contribution in [0.5, 0.6) is 0 Å². The lowest BCUT2D eigenvalue weighted by Gasteiger charge is -2.23. The van der Waals surface area contributed by atoms with E-state index in [1.54, 1.807) is 17.7 Å². The van der Waals surface area contributed by atoms with Crippen LogP contribution in [0.2, 0.25) is 0 Å². The molecule has 1 saturated heterocycles. The van der Waals surface area contributed by atoms with Crippen molar-refractivity contribution in [2.45, 2.75) is 38.7 Å². The fourth-order valence-corrected chi connectivity index (χ4v) is 3.68. The van der Waals surface area contributed by atoms with Crippen molar-refractivity contribution in [2.24, 2.45) is 0 Å². The van der Waals surface area contributed by atoms with E-state index in [1.807, 2.05) is 6.92 Å². The van der Waals surface area contributed by atoms with E-state index >= 15 is 0 Å². The van der Waals surface area contributed by atoms with Crippen molar-refractivity contribution in [3.05, 3.63) is 17.3 Å². The Bertz CT molecular complexity index is 593. The predicted octanol–water partition coefficient (Wildman–Crippen LogP) is 2.74. The second-order valence-electron chi connectivity index (χ2n) is 5.63. The average Bonchev–Trinajstić information content (AvgIpc) is 2.65. The summed E-state index contributed by atoms with van der Waals surface area (Å²) in [5.41, 5.74) is 1.74. The van der Waals surface area contributed by atoms with Gasteiger partial charge in [-0.2, -0.15) is 0 Å². The molecule has 0 amide bonds. The van der Waals surface area contributed by atoms with Gasteiger partial charge in [0.1, 0.15) is 12.1 Å². The Morgan fingerprint density at radius 2 is 2.16 bits per heavy atom. The summed E-state index contributed by atoms with van der Waals surface area (Å²) in [6, 6.07) is 0. The lowest BCUT2D eigenvalue weighted by molar-refractivity contribution is 0.0481. The maximum absolute atomic E-state index is 10.2. The number of aliphatic hydroxyl groups is 1. The Kier molecular flexibility index (Phi) is 3.19. The number of rotatable bonds is 1. The molecule has 1 atom stereocenters. The highest BCUT2D eigenvalue weighted by atomic mass is 32.1. The number of nitrogens with zero attached hydrogens (tertiary/aromatic N) is 3. The molecule has 1 aliphatic heterocycles. The van der Waals surface area contributed by atoms with Crippen LogP contribution in [-0.4, -0.2) is 33.8 Å². The highest BCUT2D eigenvalue weighted by molar-refractivity contribution is 7.18. The first kappa shape index (κ1) is 12.8. The van der Waals surface area contributed by atoms with Crippen molar-refractivity contribution < 1.29 is 5.11 Å². The summed E-state index contributed by atoms with van der Waals surface area (Å²) in [4.78, 5) is 11.1. The van der Waals surface area contributed by atoms with Crippen molar-refractivity contribution in [2.75, 3.05) is 18.0 Å². The molecule has 19 heavy (non-hydrogen) atoms. The minimum atomic E-state index is -0.535. The largest absolute Gasteiger partial charge is 0.390 e. The first-order chi connectivity index (χ1) is 9.07. The zero-order chi connectivity index (χ0) is 13.5. The first-order valence-electron chi connectivity index (χ1n) is 6.73. The number of anilines is 1. The van der Waals surface area contributed by atoms with Crippen LogP contribution in [0.3, 0.4) is 0 Å². The van der Waals surface area contributed by atoms with Crippen molar-refractivity contribution in [1.82, 2.24) is 9.97 Å². The third kappa shape index (κ3) is 2.44. The Morgan fingerprint density at radius 1 is 1.32 bits per heavy atom. The van der Waals surface area contributed by atoms with E-state index in [2.05, 4.69) is 27.2 Å². The van der Waals surface area contributed by atoms with Gasteiger partial charge in [-0.15, -0.1) is 11.3 Å². The molecule has 1 fully saturated rings. The standard InChI is InChI=1S/C14H19N3OS/c1-10-8-19-12-11(10)15-9-16-13(12)17-6-3-4-14(2,18)5-7-17/h8-9,18H,3-7H2,1-2H3. The van der Waals surface area contributed by atoms with E-state index in [-0.39, 0.29) is 0 Å². The molecule has 0 saturated carbocycles. The van der Waals surface area contributed by atoms with E-state index in [9.17, 15) is 5.11 Å². The van der Waals surface area contributed by atoms with Crippen LogP contribution in [0.15, 0.2) is 11.7 Å². The van der Waals surface area contributed by atoms with E-state index in [0.29, 0.717) is 0 Å². The van der Waals surface area contributed by atoms with Crippen LogP contribution in [-0.2, 0) is 0 Å². The van der Waals surface area contributed by atoms with Crippen molar-refractivity contribution >= 4 is 27.4 Å². The van der Waals surface area contributed by atoms with Crippen LogP contribution in [0.25, 0.3) is 10.2 Å². The van der Waals surface area contributed by atoms with Gasteiger partial charge in [0.15, 0.2) is 0 Å². The molecule has 4 nitrogen and oxygen atoms in total. The predicted molar refractivity (Wildman–Crippen MR) is 78.8 cm³/mol. The van der Waals surface area contributed by atoms with Gasteiger partial charge in [-0.05, 0) is 44.1 Å². The fraction of sp³-hybridized carbons (Fsp3) is 0.571. The average molecular weight is 277 g/mol. The zero-order valence-corrected chi connectivity index (χ0v) is 12.2. The number of aryl methyl sites for hydroxylation is 1. The quantitative estimate of drug-likeness (QED) is 0.870. The maximum Gasteiger partial charge on any atom is 0.150 e. The van der Waals surface area contributed by atoms with Gasteiger partial charge in [-0.3, -0.25) is 0 Å². The van der Waals surface area contributed by atoms with Gasteiger partial charge in [-0.25, -0.2) is 9.97 Å². The molecule has 3 heterocycles. The molecule has 0 aliphatic carbocycles. The lowest BCUT2D eigenvalue weighted by atomic mass is 9.98. The third-order valence-electron chi connectivity index (χ3n) is 3.88. The van der Waals surface area contributed by atoms with Crippen LogP contribution < -0.4 is 4.90 Å². The summed E-state index contributed by atoms with van der Waals surface area (Å²) < 4.78 is 1.17. The third-order valence-corrected chi connectivity index (χ3v) is 4.96. The number of fused-ring (bicyclic) bond motifs is 1. The minimum absolute atomic E-state index is 0.535. The van der Waals surface area contributed by atoms with Crippen LogP contribution in [0.1, 0.15) is 31.7 Å². The SMILES string of the molecule is Cc1csc2c(N3CCCC(C)(O)CC3)ncnc12. The summed E-state index contributed by atoms with van der Waals surface area (Å²) in [5.74, 6) is 1.03. The summed E-state index contributed by atoms with van der Waals surface area (Å²) in [6.45, 7) is 5.83. The molecule has 5 heteroatoms. The normalized spacial score (nSPS) is 24.7. The molecule has 0 spiro atoms. The summed E-state index contributed by atoms with van der Waals surface area (Å²) in [7, 11) is 0. The molecule has 2 aromatic heterocycles. The van der Waals surface area contributed by atoms with Gasteiger partial charge in [0.25, 0.3) is 0 Å². The van der Waals surface area contributed by atoms with Gasteiger partial charge in [-0.1, -0.05) is 0 Å². The molecule has 0 bridgehead atoms. The Hall–Kier alpha value is -1.20. The van der Waals surface area contributed by atoms with Gasteiger partial charge in [0.05, 0.1) is 15.8 Å². The van der Waals surface area contributed by atoms with E-state index in [0.717, 1.165) is 43.7 Å². The molecule has 102 valence electrons. The van der Waals surface area contributed by atoms with Gasteiger partial charge in [0, 0.05) is 13.1 Å². The minimum Gasteiger partial charge on any atom is -0.390 e. The molecule has 0 radical (unpaired) electrons. The topological polar surface area (TPSA) is 49.2 Å². The summed E-state index contributed by atoms with van der Waals surface area (Å²) in [5, 5.41) is 12.3. The van der Waals surface area contributed by atoms with E-state index in [4.69, 9.17) is 0 Å². The maximum atomic E-state index is 10.2. The lowest BCUT2D eigenvalue weighted by Crippen LogP contribution is -2.28. The number of aromatic nitrogens is 2. The number of hydrogen-bond acceptors (Lipinski definition) is 5. The van der Waals surface area contributed by atoms with E-state index < -0.39 is 5.60 Å². The molecule has 1 aliphatic rings. The second-order valence-corrected chi connectivity index (χ2v) is 6.51. The smallest absolute Gasteiger partial charge is 0.150 e. The highest BCUT2D eigenvalue weighted by Gasteiger charge is 2.26. The monoisotopic (exact) mass is 277 g/mol. The molecule has 2 aromatic rings. The van der Waals surface area contributed by atoms with Gasteiger partial charge >= 0.3 is 0 Å². The molecule has 1 N–H and O–H groups in total. The second kappa shape index (κ2) is 4.72. The van der Waals surface area contributed by atoms with Gasteiger partial charge < -0.3 is 10.0 Å². The van der Waals surface area contributed by atoms with Crippen LogP contribution in [0.4, 0.5) is 5.82 Å². The van der Waals surface area contributed by atoms with Crippen LogP contribution in [0, 0.1) is 6.92 Å². The van der Waals surface area contributed by atoms with Crippen molar-refractivity contribution in [1.29, 1.82) is 0 Å². The van der Waals surface area contributed by atoms with Crippen LogP contribution >= 0.6 is 11.3 Å². The molecular formula is C14H19N3OS. The van der Waals surface area contributed by atoms with Crippen molar-refractivity contribution in [3.63, 3.8) is 0 Å². The Labute approximate surface area is 117 Å². The molecule has 1 unspecified atom stereocenters. The Morgan fingerprint density at radius 3 is 3.00 bits per heavy atom. The highest BCUT2D eigenvalue weighted by Crippen LogP contribution is 2.33. The zero-order valence-electron chi connectivity index (χ0n) is 11.4. The molecule has 3 rings (SSSR count). The summed E-state index contributed by atoms with van der Waals surface area (Å²) in [6.07, 6.45) is 4.31. The first-order valence-corrected chi connectivity index (χ1v) is 7.61. The summed E-state index contributed by atoms with van der Waals surface area (Å²) >= 11 is 1.71. The van der Waals surface area contributed by atoms with E-state index in [1.165, 1.54) is 10.3 Å². The van der Waals surface area contributed by atoms with Crippen molar-refractivity contribution in [3.8, 4) is 0 Å².